The zero-order valence-corrected chi connectivity index (χ0v) is 17.4. The maximum atomic E-state index is 13.5. The van der Waals surface area contributed by atoms with E-state index in [9.17, 15) is 9.18 Å². The minimum Gasteiger partial charge on any atom is -0.366 e. The molecule has 158 valence electrons. The summed E-state index contributed by atoms with van der Waals surface area (Å²) in [7, 11) is 3.67. The zero-order valence-electron chi connectivity index (χ0n) is 17.4. The molecule has 0 radical (unpaired) electrons. The van der Waals surface area contributed by atoms with E-state index in [0.717, 1.165) is 16.8 Å². The number of anilines is 2. The van der Waals surface area contributed by atoms with Gasteiger partial charge in [-0.2, -0.15) is 15.0 Å². The molecular weight excluding hydrogens is 397 g/mol. The molecule has 0 bridgehead atoms. The van der Waals surface area contributed by atoms with Gasteiger partial charge in [0, 0.05) is 26.8 Å². The van der Waals surface area contributed by atoms with Gasteiger partial charge in [-0.1, -0.05) is 12.1 Å². The van der Waals surface area contributed by atoms with Gasteiger partial charge in [-0.05, 0) is 48.4 Å². The van der Waals surface area contributed by atoms with Crippen LogP contribution in [0.4, 0.5) is 16.3 Å². The number of benzene rings is 1. The third kappa shape index (κ3) is 4.02. The van der Waals surface area contributed by atoms with E-state index in [1.165, 1.54) is 12.1 Å². The maximum Gasteiger partial charge on any atom is 0.250 e. The number of hydrogen-bond donors (Lipinski definition) is 2. The molecule has 0 saturated carbocycles. The van der Waals surface area contributed by atoms with Crippen molar-refractivity contribution in [1.82, 2.24) is 19.4 Å². The van der Waals surface area contributed by atoms with Crippen LogP contribution in [0, 0.1) is 12.7 Å². The van der Waals surface area contributed by atoms with E-state index in [1.54, 1.807) is 23.1 Å². The molecule has 4 aromatic rings. The van der Waals surface area contributed by atoms with E-state index in [2.05, 4.69) is 20.3 Å². The Morgan fingerprint density at radius 2 is 1.97 bits per heavy atom. The second-order valence-electron chi connectivity index (χ2n) is 7.38. The summed E-state index contributed by atoms with van der Waals surface area (Å²) in [6.07, 6.45) is 1.84. The Labute approximate surface area is 178 Å². The summed E-state index contributed by atoms with van der Waals surface area (Å²) in [5.41, 5.74) is 9.03. The van der Waals surface area contributed by atoms with Gasteiger partial charge < -0.3 is 20.4 Å². The Hall–Kier alpha value is -4.01. The Morgan fingerprint density at radius 1 is 1.16 bits per heavy atom. The Bertz CT molecular complexity index is 1280. The number of hydrogen-bond acceptors (Lipinski definition) is 6. The number of halogens is 1. The molecule has 0 unspecified atom stereocenters. The minimum absolute atomic E-state index is 0.301. The highest BCUT2D eigenvalue weighted by Gasteiger charge is 2.18. The number of pyridine rings is 1. The number of amides is 1. The van der Waals surface area contributed by atoms with Gasteiger partial charge in [0.25, 0.3) is 5.91 Å². The van der Waals surface area contributed by atoms with Gasteiger partial charge in [0.2, 0.25) is 11.9 Å². The fraction of sp³-hybridized carbons (Fsp3) is 0.182. The van der Waals surface area contributed by atoms with E-state index >= 15 is 0 Å². The molecular formula is C22H22FN7O. The smallest absolute Gasteiger partial charge is 0.250 e. The SMILES string of the molecule is Cc1cc2c(C(N)=O)cccn2c1-c1nc(NCc2cccc(F)c2)nc(N(C)C)n1. The normalized spacial score (nSPS) is 11.0. The molecule has 0 atom stereocenters. The first kappa shape index (κ1) is 20.3. The standard InChI is InChI=1S/C22H22FN7O/c1-13-10-17-16(19(24)31)8-5-9-30(17)18(13)20-26-21(28-22(27-20)29(2)3)25-12-14-6-4-7-15(23)11-14/h4-11H,12H2,1-3H3,(H2,24,31)(H,25,26,27,28). The monoisotopic (exact) mass is 419 g/mol. The molecule has 0 aliphatic heterocycles. The molecule has 0 aliphatic carbocycles. The molecule has 3 heterocycles. The van der Waals surface area contributed by atoms with Gasteiger partial charge in [0.05, 0.1) is 16.8 Å². The molecule has 0 fully saturated rings. The van der Waals surface area contributed by atoms with Crippen LogP contribution in [0.5, 0.6) is 0 Å². The lowest BCUT2D eigenvalue weighted by atomic mass is 10.2. The van der Waals surface area contributed by atoms with Gasteiger partial charge in [-0.25, -0.2) is 4.39 Å². The van der Waals surface area contributed by atoms with Crippen LogP contribution >= 0.6 is 0 Å². The molecule has 0 saturated heterocycles. The van der Waals surface area contributed by atoms with E-state index in [1.807, 2.05) is 43.7 Å². The predicted molar refractivity (Wildman–Crippen MR) is 118 cm³/mol. The van der Waals surface area contributed by atoms with Crippen LogP contribution in [0.2, 0.25) is 0 Å². The average Bonchev–Trinajstić information content (AvgIpc) is 3.07. The summed E-state index contributed by atoms with van der Waals surface area (Å²) in [6, 6.07) is 11.7. The minimum atomic E-state index is -0.503. The van der Waals surface area contributed by atoms with E-state index in [-0.39, 0.29) is 5.82 Å². The number of rotatable bonds is 6. The third-order valence-corrected chi connectivity index (χ3v) is 4.84. The number of nitrogens with zero attached hydrogens (tertiary/aromatic N) is 5. The number of nitrogens with one attached hydrogen (secondary N) is 1. The van der Waals surface area contributed by atoms with Crippen molar-refractivity contribution in [2.75, 3.05) is 24.3 Å². The maximum absolute atomic E-state index is 13.5. The third-order valence-electron chi connectivity index (χ3n) is 4.84. The lowest BCUT2D eigenvalue weighted by Gasteiger charge is -2.14. The molecule has 0 aliphatic rings. The second kappa shape index (κ2) is 8.02. The van der Waals surface area contributed by atoms with Crippen LogP contribution < -0.4 is 16.0 Å². The van der Waals surface area contributed by atoms with Crippen LogP contribution in [0.25, 0.3) is 17.0 Å². The Balaban J connectivity index is 1.79. The zero-order chi connectivity index (χ0) is 22.1. The summed E-state index contributed by atoms with van der Waals surface area (Å²) in [5.74, 6) is 0.465. The molecule has 3 N–H and O–H groups in total. The topological polar surface area (TPSA) is 101 Å². The Kier molecular flexibility index (Phi) is 5.24. The highest BCUT2D eigenvalue weighted by molar-refractivity contribution is 6.00. The fourth-order valence-electron chi connectivity index (χ4n) is 3.40. The van der Waals surface area contributed by atoms with Crippen molar-refractivity contribution in [2.45, 2.75) is 13.5 Å². The molecule has 4 rings (SSSR count). The highest BCUT2D eigenvalue weighted by atomic mass is 19.1. The number of aromatic nitrogens is 4. The van der Waals surface area contributed by atoms with E-state index < -0.39 is 5.91 Å². The molecule has 8 nitrogen and oxygen atoms in total. The lowest BCUT2D eigenvalue weighted by molar-refractivity contribution is 0.100. The summed E-state index contributed by atoms with van der Waals surface area (Å²) >= 11 is 0. The van der Waals surface area contributed by atoms with E-state index in [4.69, 9.17) is 5.73 Å². The Morgan fingerprint density at radius 3 is 2.68 bits per heavy atom. The van der Waals surface area contributed by atoms with Crippen LogP contribution in [-0.4, -0.2) is 39.4 Å². The first-order chi connectivity index (χ1) is 14.8. The average molecular weight is 419 g/mol. The van der Waals surface area contributed by atoms with Crippen molar-refractivity contribution in [1.29, 1.82) is 0 Å². The van der Waals surface area contributed by atoms with Gasteiger partial charge >= 0.3 is 0 Å². The number of carbonyl (C=O) groups excluding carboxylic acids is 1. The van der Waals surface area contributed by atoms with Crippen molar-refractivity contribution in [2.24, 2.45) is 5.73 Å². The molecule has 0 spiro atoms. The van der Waals surface area contributed by atoms with Gasteiger partial charge in [0.1, 0.15) is 5.82 Å². The summed E-state index contributed by atoms with van der Waals surface area (Å²) in [5, 5.41) is 3.14. The number of carbonyl (C=O) groups is 1. The molecule has 3 aromatic heterocycles. The molecule has 1 aromatic carbocycles. The van der Waals surface area contributed by atoms with Crippen LogP contribution in [-0.2, 0) is 6.54 Å². The molecule has 1 amide bonds. The number of fused-ring (bicyclic) bond motifs is 1. The summed E-state index contributed by atoms with van der Waals surface area (Å²) in [4.78, 5) is 27.3. The number of nitrogens with two attached hydrogens (primary N) is 1. The van der Waals surface area contributed by atoms with Crippen LogP contribution in [0.1, 0.15) is 21.5 Å². The summed E-state index contributed by atoms with van der Waals surface area (Å²) < 4.78 is 15.3. The van der Waals surface area contributed by atoms with Crippen molar-refractivity contribution >= 4 is 23.3 Å². The van der Waals surface area contributed by atoms with Crippen molar-refractivity contribution in [3.05, 3.63) is 71.2 Å². The van der Waals surface area contributed by atoms with Gasteiger partial charge in [-0.15, -0.1) is 0 Å². The number of aryl methyl sites for hydroxylation is 1. The van der Waals surface area contributed by atoms with Crippen molar-refractivity contribution in [3.63, 3.8) is 0 Å². The molecule has 31 heavy (non-hydrogen) atoms. The second-order valence-corrected chi connectivity index (χ2v) is 7.38. The van der Waals surface area contributed by atoms with Gasteiger partial charge in [0.15, 0.2) is 5.82 Å². The predicted octanol–water partition coefficient (Wildman–Crippen LogP) is 3.02. The molecule has 9 heteroatoms. The van der Waals surface area contributed by atoms with Crippen LogP contribution in [0.15, 0.2) is 48.7 Å². The quantitative estimate of drug-likeness (QED) is 0.498. The van der Waals surface area contributed by atoms with Crippen molar-refractivity contribution in [3.8, 4) is 11.5 Å². The number of primary amides is 1. The van der Waals surface area contributed by atoms with Crippen LogP contribution in [0.3, 0.4) is 0 Å². The van der Waals surface area contributed by atoms with Gasteiger partial charge in [-0.3, -0.25) is 4.79 Å². The first-order valence-corrected chi connectivity index (χ1v) is 9.66. The largest absolute Gasteiger partial charge is 0.366 e. The van der Waals surface area contributed by atoms with Crippen molar-refractivity contribution < 1.29 is 9.18 Å². The summed E-state index contributed by atoms with van der Waals surface area (Å²) in [6.45, 7) is 2.28. The fourth-order valence-corrected chi connectivity index (χ4v) is 3.40. The highest BCUT2D eigenvalue weighted by Crippen LogP contribution is 2.28. The van der Waals surface area contributed by atoms with E-state index in [0.29, 0.717) is 35.3 Å². The first-order valence-electron chi connectivity index (χ1n) is 9.66. The lowest BCUT2D eigenvalue weighted by Crippen LogP contribution is -2.16.